The number of azo groups is 2. The normalized spacial score (nSPS) is 12.6. The van der Waals surface area contributed by atoms with E-state index in [1.807, 2.05) is 0 Å². The number of aryl methyl sites for hydroxylation is 2. The zero-order chi connectivity index (χ0) is 27.0. The van der Waals surface area contributed by atoms with Gasteiger partial charge >= 0.3 is 0 Å². The minimum absolute atomic E-state index is 0.123. The van der Waals surface area contributed by atoms with Crippen LogP contribution in [0.1, 0.15) is 11.1 Å². The first kappa shape index (κ1) is 26.1. The van der Waals surface area contributed by atoms with Gasteiger partial charge in [0.15, 0.2) is 15.6 Å². The van der Waals surface area contributed by atoms with E-state index >= 15 is 0 Å². The zero-order valence-electron chi connectivity index (χ0n) is 20.0. The van der Waals surface area contributed by atoms with Crippen molar-refractivity contribution in [2.45, 2.75) is 23.6 Å². The second-order valence-corrected chi connectivity index (χ2v) is 11.8. The molecule has 0 aliphatic heterocycles. The molecule has 0 saturated carbocycles. The average Bonchev–Trinajstić information content (AvgIpc) is 2.82. The molecule has 0 amide bonds. The summed E-state index contributed by atoms with van der Waals surface area (Å²) in [6.45, 7) is 3.51. The highest BCUT2D eigenvalue weighted by atomic mass is 32.2. The molecule has 4 aromatic rings. The van der Waals surface area contributed by atoms with Crippen molar-refractivity contribution in [3.05, 3.63) is 77.9 Å². The third kappa shape index (κ3) is 5.71. The molecule has 0 spiro atoms. The predicted molar refractivity (Wildman–Crippen MR) is 139 cm³/mol. The molecule has 0 fully saturated rings. The van der Waals surface area contributed by atoms with Crippen molar-refractivity contribution in [1.82, 2.24) is 0 Å². The Kier molecular flexibility index (Phi) is 6.91. The Balaban J connectivity index is 1.63. The summed E-state index contributed by atoms with van der Waals surface area (Å²) in [4.78, 5) is -0.183. The fourth-order valence-electron chi connectivity index (χ4n) is 3.61. The number of hydrogen-bond donors (Lipinski definition) is 2. The van der Waals surface area contributed by atoms with Gasteiger partial charge in [-0.3, -0.25) is 4.55 Å². The summed E-state index contributed by atoms with van der Waals surface area (Å²) in [5.74, 6) is -0.271. The van der Waals surface area contributed by atoms with Crippen LogP contribution in [0.5, 0.6) is 5.75 Å². The molecule has 0 saturated heterocycles. The molecule has 4 aromatic carbocycles. The van der Waals surface area contributed by atoms with Crippen molar-refractivity contribution in [1.29, 1.82) is 0 Å². The number of benzene rings is 4. The van der Waals surface area contributed by atoms with Crippen molar-refractivity contribution in [3.63, 3.8) is 0 Å². The van der Waals surface area contributed by atoms with Crippen molar-refractivity contribution >= 4 is 53.5 Å². The molecule has 190 valence electrons. The Morgan fingerprint density at radius 1 is 0.676 bits per heavy atom. The largest absolute Gasteiger partial charge is 0.505 e. The molecule has 0 aliphatic carbocycles. The van der Waals surface area contributed by atoms with Gasteiger partial charge in [0, 0.05) is 17.0 Å². The van der Waals surface area contributed by atoms with Crippen molar-refractivity contribution in [2.24, 2.45) is 20.5 Å². The maximum Gasteiger partial charge on any atom is 0.295 e. The van der Waals surface area contributed by atoms with Gasteiger partial charge < -0.3 is 5.11 Å². The Labute approximate surface area is 213 Å². The molecule has 10 nitrogen and oxygen atoms in total. The molecule has 0 bridgehead atoms. The summed E-state index contributed by atoms with van der Waals surface area (Å²) in [6, 6.07) is 16.8. The molecule has 37 heavy (non-hydrogen) atoms. The predicted octanol–water partition coefficient (Wildman–Crippen LogP) is 6.64. The number of hydrogen-bond acceptors (Lipinski definition) is 9. The smallest absolute Gasteiger partial charge is 0.295 e. The molecule has 0 aromatic heterocycles. The van der Waals surface area contributed by atoms with E-state index in [0.717, 1.165) is 12.3 Å². The van der Waals surface area contributed by atoms with E-state index < -0.39 is 20.0 Å². The number of aromatic hydroxyl groups is 1. The van der Waals surface area contributed by atoms with E-state index in [2.05, 4.69) is 20.5 Å². The van der Waals surface area contributed by atoms with E-state index in [4.69, 9.17) is 0 Å². The summed E-state index contributed by atoms with van der Waals surface area (Å²) < 4.78 is 56.8. The average molecular weight is 539 g/mol. The molecular formula is C25H22N4O6S2. The van der Waals surface area contributed by atoms with Gasteiger partial charge in [-0.25, -0.2) is 8.42 Å². The van der Waals surface area contributed by atoms with Gasteiger partial charge in [-0.2, -0.15) is 23.8 Å². The molecular weight excluding hydrogens is 516 g/mol. The summed E-state index contributed by atoms with van der Waals surface area (Å²) in [5.41, 5.74) is 2.70. The van der Waals surface area contributed by atoms with Crippen LogP contribution in [0.4, 0.5) is 22.7 Å². The Morgan fingerprint density at radius 3 is 1.84 bits per heavy atom. The van der Waals surface area contributed by atoms with Gasteiger partial charge in [-0.1, -0.05) is 24.3 Å². The first-order valence-electron chi connectivity index (χ1n) is 10.8. The standard InChI is InChI=1S/C25H22N4O6S2/c1-15-12-17(26-27-22-11-9-18(13-16(22)2)36(3,31)32)8-10-21(15)28-29-23-14-24(37(33,34)35)19-6-4-5-7-20(19)25(23)30/h4-14,30H,1-3H3,(H,33,34,35). The Morgan fingerprint density at radius 2 is 1.24 bits per heavy atom. The lowest BCUT2D eigenvalue weighted by Gasteiger charge is -2.08. The summed E-state index contributed by atoms with van der Waals surface area (Å²) >= 11 is 0. The van der Waals surface area contributed by atoms with Crippen LogP contribution < -0.4 is 0 Å². The molecule has 2 N–H and O–H groups in total. The molecule has 0 heterocycles. The maximum atomic E-state index is 11.9. The maximum absolute atomic E-state index is 11.9. The van der Waals surface area contributed by atoms with Gasteiger partial charge in [0.25, 0.3) is 10.1 Å². The minimum atomic E-state index is -4.57. The van der Waals surface area contributed by atoms with E-state index in [1.54, 1.807) is 50.2 Å². The third-order valence-corrected chi connectivity index (χ3v) is 7.56. The molecule has 0 unspecified atom stereocenters. The van der Waals surface area contributed by atoms with Crippen LogP contribution in [0.3, 0.4) is 0 Å². The molecule has 0 radical (unpaired) electrons. The number of fused-ring (bicyclic) bond motifs is 1. The SMILES string of the molecule is Cc1cc(S(C)(=O)=O)ccc1N=Nc1ccc(N=Nc2cc(S(=O)(=O)O)c3ccccc3c2O)c(C)c1. The lowest BCUT2D eigenvalue weighted by molar-refractivity contribution is 0.480. The molecule has 0 atom stereocenters. The Bertz CT molecular complexity index is 1810. The van der Waals surface area contributed by atoms with Gasteiger partial charge in [0.1, 0.15) is 10.6 Å². The molecule has 0 aliphatic rings. The summed E-state index contributed by atoms with van der Waals surface area (Å²) in [7, 11) is -7.89. The molecule has 4 rings (SSSR count). The number of phenols is 1. The second kappa shape index (κ2) is 9.81. The van der Waals surface area contributed by atoms with Crippen LogP contribution in [0.15, 0.2) is 97.0 Å². The lowest BCUT2D eigenvalue weighted by Crippen LogP contribution is -1.99. The first-order valence-corrected chi connectivity index (χ1v) is 14.1. The fraction of sp³-hybridized carbons (Fsp3) is 0.120. The van der Waals surface area contributed by atoms with Crippen LogP contribution in [-0.4, -0.2) is 32.8 Å². The second-order valence-electron chi connectivity index (χ2n) is 8.35. The van der Waals surface area contributed by atoms with Crippen molar-refractivity contribution in [3.8, 4) is 5.75 Å². The molecule has 12 heteroatoms. The Hall–Kier alpha value is -4.00. The van der Waals surface area contributed by atoms with E-state index in [1.165, 1.54) is 24.3 Å². The number of phenolic OH excluding ortho intramolecular Hbond substituents is 1. The van der Waals surface area contributed by atoms with Crippen molar-refractivity contribution < 1.29 is 26.5 Å². The van der Waals surface area contributed by atoms with Gasteiger partial charge in [-0.05, 0) is 67.4 Å². The van der Waals surface area contributed by atoms with E-state index in [0.29, 0.717) is 28.2 Å². The number of rotatable bonds is 6. The fourth-order valence-corrected chi connectivity index (χ4v) is 5.03. The van der Waals surface area contributed by atoms with Gasteiger partial charge in [0.2, 0.25) is 0 Å². The topological polar surface area (TPSA) is 158 Å². The summed E-state index contributed by atoms with van der Waals surface area (Å²) in [6.07, 6.45) is 1.14. The van der Waals surface area contributed by atoms with Crippen molar-refractivity contribution in [2.75, 3.05) is 6.26 Å². The van der Waals surface area contributed by atoms with Crippen LogP contribution in [0.25, 0.3) is 10.8 Å². The highest BCUT2D eigenvalue weighted by molar-refractivity contribution is 7.90. The first-order chi connectivity index (χ1) is 17.3. The zero-order valence-corrected chi connectivity index (χ0v) is 21.6. The highest BCUT2D eigenvalue weighted by Gasteiger charge is 2.19. The highest BCUT2D eigenvalue weighted by Crippen LogP contribution is 2.40. The number of nitrogens with zero attached hydrogens (tertiary/aromatic N) is 4. The van der Waals surface area contributed by atoms with Gasteiger partial charge in [-0.15, -0.1) is 5.11 Å². The lowest BCUT2D eigenvalue weighted by atomic mass is 10.1. The van der Waals surface area contributed by atoms with Crippen LogP contribution in [0.2, 0.25) is 0 Å². The number of sulfone groups is 1. The monoisotopic (exact) mass is 538 g/mol. The minimum Gasteiger partial charge on any atom is -0.505 e. The van der Waals surface area contributed by atoms with E-state index in [-0.39, 0.29) is 32.0 Å². The van der Waals surface area contributed by atoms with Gasteiger partial charge in [0.05, 0.1) is 22.0 Å². The third-order valence-electron chi connectivity index (χ3n) is 5.55. The summed E-state index contributed by atoms with van der Waals surface area (Å²) in [5, 5.41) is 27.5. The van der Waals surface area contributed by atoms with E-state index in [9.17, 15) is 26.5 Å². The van der Waals surface area contributed by atoms with Crippen LogP contribution >= 0.6 is 0 Å². The van der Waals surface area contributed by atoms with Crippen LogP contribution in [0, 0.1) is 13.8 Å². The van der Waals surface area contributed by atoms with Crippen LogP contribution in [-0.2, 0) is 20.0 Å². The quantitative estimate of drug-likeness (QED) is 0.207.